The van der Waals surface area contributed by atoms with Gasteiger partial charge in [0.05, 0.1) is 24.2 Å². The van der Waals surface area contributed by atoms with Crippen LogP contribution in [-0.2, 0) is 9.47 Å². The first-order chi connectivity index (χ1) is 7.53. The van der Waals surface area contributed by atoms with Crippen LogP contribution in [0.2, 0.25) is 0 Å². The molecule has 1 aliphatic heterocycles. The maximum absolute atomic E-state index is 5.71. The standard InChI is InChI=1S/C11H18O2.C3H8/c1-6-10-7(2)8(3)13-9(4)11(10)12-5;1-3-2/h1,7-11H,2-5H3;3H2,1-2H3. The summed E-state index contributed by atoms with van der Waals surface area (Å²) in [5, 5.41) is 0. The summed E-state index contributed by atoms with van der Waals surface area (Å²) < 4.78 is 11.1. The van der Waals surface area contributed by atoms with Crippen molar-refractivity contribution in [3.05, 3.63) is 0 Å². The Bertz CT molecular complexity index is 219. The van der Waals surface area contributed by atoms with Crippen molar-refractivity contribution in [3.8, 4) is 12.3 Å². The van der Waals surface area contributed by atoms with Crippen LogP contribution in [0.4, 0.5) is 0 Å². The van der Waals surface area contributed by atoms with Gasteiger partial charge in [0, 0.05) is 7.11 Å². The largest absolute Gasteiger partial charge is 0.377 e. The van der Waals surface area contributed by atoms with E-state index in [0.717, 1.165) is 0 Å². The smallest absolute Gasteiger partial charge is 0.0970 e. The molecule has 0 aromatic heterocycles. The van der Waals surface area contributed by atoms with Crippen molar-refractivity contribution in [2.75, 3.05) is 7.11 Å². The molecule has 5 atom stereocenters. The van der Waals surface area contributed by atoms with Gasteiger partial charge in [-0.15, -0.1) is 12.3 Å². The molecule has 5 unspecified atom stereocenters. The fourth-order valence-corrected chi connectivity index (χ4v) is 2.01. The minimum Gasteiger partial charge on any atom is -0.377 e. The van der Waals surface area contributed by atoms with Gasteiger partial charge in [0.2, 0.25) is 0 Å². The Morgan fingerprint density at radius 1 is 1.19 bits per heavy atom. The van der Waals surface area contributed by atoms with Crippen molar-refractivity contribution >= 4 is 0 Å². The Morgan fingerprint density at radius 3 is 2.06 bits per heavy atom. The van der Waals surface area contributed by atoms with Crippen molar-refractivity contribution in [2.45, 2.75) is 59.4 Å². The van der Waals surface area contributed by atoms with E-state index in [1.165, 1.54) is 6.42 Å². The van der Waals surface area contributed by atoms with Crippen LogP contribution in [0.15, 0.2) is 0 Å². The Hall–Kier alpha value is -0.520. The maximum atomic E-state index is 5.71. The second kappa shape index (κ2) is 7.70. The van der Waals surface area contributed by atoms with Gasteiger partial charge >= 0.3 is 0 Å². The average Bonchev–Trinajstić information content (AvgIpc) is 2.24. The van der Waals surface area contributed by atoms with Crippen molar-refractivity contribution in [2.24, 2.45) is 11.8 Å². The maximum Gasteiger partial charge on any atom is 0.0970 e. The highest BCUT2D eigenvalue weighted by Gasteiger charge is 2.39. The number of hydrogen-bond donors (Lipinski definition) is 0. The zero-order chi connectivity index (χ0) is 12.7. The molecule has 0 spiro atoms. The zero-order valence-electron chi connectivity index (χ0n) is 11.5. The van der Waals surface area contributed by atoms with Crippen LogP contribution in [0.1, 0.15) is 41.0 Å². The SMILES string of the molecule is C#CC1C(C)C(C)OC(C)C1OC.CCC. The Morgan fingerprint density at radius 2 is 1.69 bits per heavy atom. The van der Waals surface area contributed by atoms with Crippen LogP contribution in [0.3, 0.4) is 0 Å². The van der Waals surface area contributed by atoms with E-state index in [1.54, 1.807) is 7.11 Å². The molecule has 2 heteroatoms. The van der Waals surface area contributed by atoms with Crippen molar-refractivity contribution in [1.29, 1.82) is 0 Å². The summed E-state index contributed by atoms with van der Waals surface area (Å²) in [7, 11) is 1.69. The van der Waals surface area contributed by atoms with Gasteiger partial charge in [-0.3, -0.25) is 0 Å². The molecule has 1 aliphatic rings. The predicted molar refractivity (Wildman–Crippen MR) is 68.3 cm³/mol. The second-order valence-corrected chi connectivity index (χ2v) is 4.51. The first-order valence-corrected chi connectivity index (χ1v) is 6.17. The van der Waals surface area contributed by atoms with Crippen LogP contribution < -0.4 is 0 Å². The molecule has 0 aliphatic carbocycles. The third-order valence-electron chi connectivity index (χ3n) is 3.02. The normalized spacial score (nSPS) is 38.2. The Balaban J connectivity index is 0.000000673. The van der Waals surface area contributed by atoms with Gasteiger partial charge in [0.15, 0.2) is 0 Å². The van der Waals surface area contributed by atoms with E-state index in [4.69, 9.17) is 15.9 Å². The fourth-order valence-electron chi connectivity index (χ4n) is 2.01. The molecule has 16 heavy (non-hydrogen) atoms. The molecule has 0 aromatic rings. The van der Waals surface area contributed by atoms with E-state index in [9.17, 15) is 0 Å². The number of rotatable bonds is 1. The van der Waals surface area contributed by atoms with Crippen LogP contribution in [-0.4, -0.2) is 25.4 Å². The molecule has 0 radical (unpaired) electrons. The lowest BCUT2D eigenvalue weighted by Gasteiger charge is -2.41. The van der Waals surface area contributed by atoms with Crippen molar-refractivity contribution < 1.29 is 9.47 Å². The van der Waals surface area contributed by atoms with E-state index in [-0.39, 0.29) is 24.2 Å². The summed E-state index contributed by atoms with van der Waals surface area (Å²) in [6.07, 6.45) is 7.11. The van der Waals surface area contributed by atoms with Gasteiger partial charge in [-0.25, -0.2) is 0 Å². The quantitative estimate of drug-likeness (QED) is 0.640. The minimum absolute atomic E-state index is 0.0381. The van der Waals surface area contributed by atoms with Gasteiger partial charge in [-0.2, -0.15) is 0 Å². The molecule has 0 bridgehead atoms. The number of methoxy groups -OCH3 is 1. The topological polar surface area (TPSA) is 18.5 Å². The predicted octanol–water partition coefficient (Wildman–Crippen LogP) is 3.11. The van der Waals surface area contributed by atoms with Crippen LogP contribution in [0, 0.1) is 24.2 Å². The Labute approximate surface area is 101 Å². The molecule has 0 aromatic carbocycles. The van der Waals surface area contributed by atoms with Crippen LogP contribution in [0.25, 0.3) is 0 Å². The summed E-state index contributed by atoms with van der Waals surface area (Å²) in [5.74, 6) is 3.35. The zero-order valence-corrected chi connectivity index (χ0v) is 11.5. The summed E-state index contributed by atoms with van der Waals surface area (Å²) in [5.41, 5.74) is 0. The average molecular weight is 226 g/mol. The molecule has 2 nitrogen and oxygen atoms in total. The van der Waals surface area contributed by atoms with Gasteiger partial charge < -0.3 is 9.47 Å². The lowest BCUT2D eigenvalue weighted by Crippen LogP contribution is -2.48. The number of ether oxygens (including phenoxy) is 2. The van der Waals surface area contributed by atoms with E-state index in [0.29, 0.717) is 5.92 Å². The molecule has 0 N–H and O–H groups in total. The lowest BCUT2D eigenvalue weighted by molar-refractivity contribution is -0.156. The highest BCUT2D eigenvalue weighted by Crippen LogP contribution is 2.31. The molecule has 1 saturated heterocycles. The third-order valence-corrected chi connectivity index (χ3v) is 3.02. The summed E-state index contributed by atoms with van der Waals surface area (Å²) >= 11 is 0. The molecular weight excluding hydrogens is 200 g/mol. The molecular formula is C14H26O2. The number of hydrogen-bond acceptors (Lipinski definition) is 2. The van der Waals surface area contributed by atoms with E-state index >= 15 is 0 Å². The lowest BCUT2D eigenvalue weighted by atomic mass is 9.81. The van der Waals surface area contributed by atoms with E-state index in [1.807, 2.05) is 6.92 Å². The molecule has 1 fully saturated rings. The van der Waals surface area contributed by atoms with Gasteiger partial charge in [0.25, 0.3) is 0 Å². The third kappa shape index (κ3) is 3.81. The van der Waals surface area contributed by atoms with Gasteiger partial charge in [-0.1, -0.05) is 27.2 Å². The van der Waals surface area contributed by atoms with Gasteiger partial charge in [-0.05, 0) is 19.8 Å². The van der Waals surface area contributed by atoms with Crippen molar-refractivity contribution in [1.82, 2.24) is 0 Å². The summed E-state index contributed by atoms with van der Waals surface area (Å²) in [6, 6.07) is 0. The Kier molecular flexibility index (Phi) is 7.45. The molecule has 94 valence electrons. The van der Waals surface area contributed by atoms with Crippen molar-refractivity contribution in [3.63, 3.8) is 0 Å². The second-order valence-electron chi connectivity index (χ2n) is 4.51. The first-order valence-electron chi connectivity index (χ1n) is 6.17. The molecule has 0 amide bonds. The first kappa shape index (κ1) is 15.5. The van der Waals surface area contributed by atoms with Crippen LogP contribution >= 0.6 is 0 Å². The van der Waals surface area contributed by atoms with Crippen LogP contribution in [0.5, 0.6) is 0 Å². The highest BCUT2D eigenvalue weighted by molar-refractivity contribution is 5.04. The monoisotopic (exact) mass is 226 g/mol. The summed E-state index contributed by atoms with van der Waals surface area (Å²) in [6.45, 7) is 10.4. The molecule has 1 rings (SSSR count). The van der Waals surface area contributed by atoms with E-state index in [2.05, 4.69) is 33.6 Å². The fraction of sp³-hybridized carbons (Fsp3) is 0.857. The van der Waals surface area contributed by atoms with Gasteiger partial charge in [0.1, 0.15) is 0 Å². The highest BCUT2D eigenvalue weighted by atomic mass is 16.5. The molecule has 1 heterocycles. The minimum atomic E-state index is 0.0381. The van der Waals surface area contributed by atoms with E-state index < -0.39 is 0 Å². The molecule has 0 saturated carbocycles. The number of terminal acetylenes is 1. The summed E-state index contributed by atoms with van der Waals surface area (Å²) in [4.78, 5) is 0.